The number of benzene rings is 1. The number of aliphatic imine (C=N–C) groups is 1. The third-order valence-electron chi connectivity index (χ3n) is 3.94. The average Bonchev–Trinajstić information content (AvgIpc) is 3.13. The number of hydrogen-bond donors (Lipinski definition) is 2. The molecule has 0 saturated carbocycles. The molecular weight excluding hydrogens is 356 g/mol. The van der Waals surface area contributed by atoms with Gasteiger partial charge in [-0.25, -0.2) is 9.98 Å². The second-order valence-corrected chi connectivity index (χ2v) is 7.55. The summed E-state index contributed by atoms with van der Waals surface area (Å²) < 4.78 is 16.9. The molecule has 0 saturated heterocycles. The van der Waals surface area contributed by atoms with E-state index < -0.39 is 0 Å². The maximum Gasteiger partial charge on any atom is 0.216 e. The van der Waals surface area contributed by atoms with E-state index in [0.717, 1.165) is 23.8 Å². The molecule has 2 aromatic rings. The van der Waals surface area contributed by atoms with E-state index in [1.165, 1.54) is 0 Å². The Morgan fingerprint density at radius 1 is 1.25 bits per heavy atom. The minimum atomic E-state index is -0.0649. The van der Waals surface area contributed by atoms with Gasteiger partial charge in [0.15, 0.2) is 5.96 Å². The lowest BCUT2D eigenvalue weighted by atomic mass is 9.94. The van der Waals surface area contributed by atoms with Gasteiger partial charge >= 0.3 is 0 Å². The van der Waals surface area contributed by atoms with Crippen molar-refractivity contribution in [2.75, 3.05) is 20.2 Å². The largest absolute Gasteiger partial charge is 0.497 e. The van der Waals surface area contributed by atoms with Gasteiger partial charge in [-0.1, -0.05) is 26.8 Å². The highest BCUT2D eigenvalue weighted by molar-refractivity contribution is 5.79. The van der Waals surface area contributed by atoms with Gasteiger partial charge < -0.3 is 24.5 Å². The van der Waals surface area contributed by atoms with Crippen molar-refractivity contribution < 1.29 is 13.9 Å². The summed E-state index contributed by atoms with van der Waals surface area (Å²) in [6.07, 6.45) is 1.72. The molecule has 7 nitrogen and oxygen atoms in total. The zero-order chi connectivity index (χ0) is 20.6. The van der Waals surface area contributed by atoms with Gasteiger partial charge in [-0.15, -0.1) is 0 Å². The van der Waals surface area contributed by atoms with Gasteiger partial charge in [0, 0.05) is 18.0 Å². The summed E-state index contributed by atoms with van der Waals surface area (Å²) in [6.45, 7) is 12.0. The third kappa shape index (κ3) is 6.79. The van der Waals surface area contributed by atoms with E-state index >= 15 is 0 Å². The molecule has 0 amide bonds. The zero-order valence-electron chi connectivity index (χ0n) is 17.7. The lowest BCUT2D eigenvalue weighted by molar-refractivity contribution is 0.223. The number of oxazole rings is 1. The van der Waals surface area contributed by atoms with Crippen molar-refractivity contribution in [3.8, 4) is 11.5 Å². The predicted octanol–water partition coefficient (Wildman–Crippen LogP) is 3.50. The summed E-state index contributed by atoms with van der Waals surface area (Å²) in [5, 5.41) is 6.51. The van der Waals surface area contributed by atoms with Gasteiger partial charge in [0.2, 0.25) is 5.89 Å². The highest BCUT2D eigenvalue weighted by Gasteiger charge is 2.19. The first-order valence-corrected chi connectivity index (χ1v) is 9.60. The van der Waals surface area contributed by atoms with Crippen LogP contribution in [0.5, 0.6) is 11.5 Å². The Kier molecular flexibility index (Phi) is 7.72. The number of guanidine groups is 1. The van der Waals surface area contributed by atoms with Crippen molar-refractivity contribution in [3.63, 3.8) is 0 Å². The molecule has 0 aliphatic carbocycles. The van der Waals surface area contributed by atoms with E-state index in [0.29, 0.717) is 24.9 Å². The third-order valence-corrected chi connectivity index (χ3v) is 3.94. The van der Waals surface area contributed by atoms with Gasteiger partial charge in [-0.3, -0.25) is 0 Å². The first-order valence-electron chi connectivity index (χ1n) is 9.60. The van der Waals surface area contributed by atoms with Crippen LogP contribution in [-0.2, 0) is 12.0 Å². The van der Waals surface area contributed by atoms with E-state index in [1.54, 1.807) is 13.3 Å². The Bertz CT molecular complexity index is 765. The van der Waals surface area contributed by atoms with E-state index in [9.17, 15) is 0 Å². The molecule has 1 unspecified atom stereocenters. The van der Waals surface area contributed by atoms with Crippen LogP contribution in [0.3, 0.4) is 0 Å². The minimum Gasteiger partial charge on any atom is -0.497 e. The first-order chi connectivity index (χ1) is 13.3. The van der Waals surface area contributed by atoms with Crippen molar-refractivity contribution in [2.24, 2.45) is 4.99 Å². The summed E-state index contributed by atoms with van der Waals surface area (Å²) in [5.41, 5.74) is -0.0649. The normalized spacial score (nSPS) is 13.1. The molecular formula is C21H32N4O3. The van der Waals surface area contributed by atoms with Crippen LogP contribution in [0, 0.1) is 0 Å². The van der Waals surface area contributed by atoms with Gasteiger partial charge in [0.25, 0.3) is 0 Å². The Morgan fingerprint density at radius 2 is 2.00 bits per heavy atom. The molecule has 154 valence electrons. The smallest absolute Gasteiger partial charge is 0.216 e. The SMILES string of the molecule is CCNC(=NCc1ncc(C(C)(C)C)o1)NCC(C)Oc1cccc(OC)c1. The van der Waals surface area contributed by atoms with Gasteiger partial charge in [-0.05, 0) is 26.0 Å². The van der Waals surface area contributed by atoms with Gasteiger partial charge in [-0.2, -0.15) is 0 Å². The number of aromatic nitrogens is 1. The fourth-order valence-corrected chi connectivity index (χ4v) is 2.41. The number of methoxy groups -OCH3 is 1. The molecule has 0 bridgehead atoms. The molecule has 1 aromatic carbocycles. The molecule has 0 spiro atoms. The molecule has 1 heterocycles. The number of hydrogen-bond acceptors (Lipinski definition) is 5. The van der Waals surface area contributed by atoms with E-state index in [1.807, 2.05) is 38.1 Å². The molecule has 1 aromatic heterocycles. The van der Waals surface area contributed by atoms with E-state index in [4.69, 9.17) is 13.9 Å². The van der Waals surface area contributed by atoms with Crippen LogP contribution in [0.15, 0.2) is 39.9 Å². The van der Waals surface area contributed by atoms with Crippen LogP contribution < -0.4 is 20.1 Å². The molecule has 7 heteroatoms. The summed E-state index contributed by atoms with van der Waals surface area (Å²) in [4.78, 5) is 8.86. The molecule has 2 rings (SSSR count). The van der Waals surface area contributed by atoms with Gasteiger partial charge in [0.05, 0.1) is 19.9 Å². The van der Waals surface area contributed by atoms with Crippen LogP contribution >= 0.6 is 0 Å². The van der Waals surface area contributed by atoms with Crippen LogP contribution in [0.4, 0.5) is 0 Å². The molecule has 1 atom stereocenters. The zero-order valence-corrected chi connectivity index (χ0v) is 17.7. The highest BCUT2D eigenvalue weighted by atomic mass is 16.5. The first kappa shape index (κ1) is 21.6. The van der Waals surface area contributed by atoms with Crippen LogP contribution in [0.2, 0.25) is 0 Å². The Labute approximate surface area is 167 Å². The summed E-state index contributed by atoms with van der Waals surface area (Å²) >= 11 is 0. The van der Waals surface area contributed by atoms with Crippen LogP contribution in [-0.4, -0.2) is 37.2 Å². The number of rotatable bonds is 8. The minimum absolute atomic E-state index is 0.0507. The van der Waals surface area contributed by atoms with Crippen molar-refractivity contribution in [1.29, 1.82) is 0 Å². The maximum atomic E-state index is 5.93. The predicted molar refractivity (Wildman–Crippen MR) is 111 cm³/mol. The average molecular weight is 389 g/mol. The summed E-state index contributed by atoms with van der Waals surface area (Å²) in [5.74, 6) is 3.69. The summed E-state index contributed by atoms with van der Waals surface area (Å²) in [7, 11) is 1.64. The lowest BCUT2D eigenvalue weighted by Crippen LogP contribution is -2.41. The fraction of sp³-hybridized carbons (Fsp3) is 0.524. The fourth-order valence-electron chi connectivity index (χ4n) is 2.41. The molecule has 0 aliphatic heterocycles. The lowest BCUT2D eigenvalue weighted by Gasteiger charge is -2.18. The quantitative estimate of drug-likeness (QED) is 0.532. The topological polar surface area (TPSA) is 80.9 Å². The van der Waals surface area contributed by atoms with Crippen molar-refractivity contribution >= 4 is 5.96 Å². The Balaban J connectivity index is 1.90. The molecule has 0 aliphatic rings. The van der Waals surface area contributed by atoms with Crippen molar-refractivity contribution in [3.05, 3.63) is 42.1 Å². The number of ether oxygens (including phenoxy) is 2. The highest BCUT2D eigenvalue weighted by Crippen LogP contribution is 2.23. The van der Waals surface area contributed by atoms with Crippen LogP contribution in [0.1, 0.15) is 46.3 Å². The van der Waals surface area contributed by atoms with Gasteiger partial charge in [0.1, 0.15) is 29.9 Å². The van der Waals surface area contributed by atoms with E-state index in [2.05, 4.69) is 41.4 Å². The van der Waals surface area contributed by atoms with E-state index in [-0.39, 0.29) is 11.5 Å². The van der Waals surface area contributed by atoms with Crippen molar-refractivity contribution in [1.82, 2.24) is 15.6 Å². The molecule has 2 N–H and O–H groups in total. The van der Waals surface area contributed by atoms with Crippen LogP contribution in [0.25, 0.3) is 0 Å². The van der Waals surface area contributed by atoms with Crippen molar-refractivity contribution in [2.45, 2.75) is 52.7 Å². The monoisotopic (exact) mass is 388 g/mol. The number of nitrogens with zero attached hydrogens (tertiary/aromatic N) is 2. The Hall–Kier alpha value is -2.70. The second kappa shape index (κ2) is 10.0. The molecule has 28 heavy (non-hydrogen) atoms. The standard InChI is InChI=1S/C21H32N4O3/c1-7-22-20(25-14-19-23-13-18(28-19)21(3,4)5)24-12-15(2)27-17-10-8-9-16(11-17)26-6/h8-11,13,15H,7,12,14H2,1-6H3,(H2,22,24,25). The molecule has 0 fully saturated rings. The molecule has 0 radical (unpaired) electrons. The Morgan fingerprint density at radius 3 is 2.64 bits per heavy atom. The second-order valence-electron chi connectivity index (χ2n) is 7.55. The number of nitrogens with one attached hydrogen (secondary N) is 2. The summed E-state index contributed by atoms with van der Waals surface area (Å²) in [6, 6.07) is 7.57. The maximum absolute atomic E-state index is 5.93.